The Hall–Kier alpha value is 0.665. The second-order valence-electron chi connectivity index (χ2n) is 10.2. The zero-order valence-corrected chi connectivity index (χ0v) is 23.4. The van der Waals surface area contributed by atoms with Crippen LogP contribution in [0.1, 0.15) is 22.3 Å². The quantitative estimate of drug-likeness (QED) is 0.528. The molecule has 145 valence electrons. The van der Waals surface area contributed by atoms with Crippen molar-refractivity contribution in [3.05, 3.63) is 41.5 Å². The van der Waals surface area contributed by atoms with Gasteiger partial charge in [-0.15, -0.1) is 24.8 Å². The number of hydrogen-bond donors (Lipinski definition) is 0. The van der Waals surface area contributed by atoms with Gasteiger partial charge in [-0.1, -0.05) is 0 Å². The molecule has 0 fully saturated rings. The molecule has 0 bridgehead atoms. The van der Waals surface area contributed by atoms with E-state index < -0.39 is 26.1 Å². The first-order valence-electron chi connectivity index (χ1n) is 8.83. The fourth-order valence-electron chi connectivity index (χ4n) is 4.67. The third kappa shape index (κ3) is 3.56. The Morgan fingerprint density at radius 2 is 1.72 bits per heavy atom. The number of allylic oxidation sites excluding steroid dienone is 1. The molecule has 0 N–H and O–H groups in total. The predicted octanol–water partition coefficient (Wildman–Crippen LogP) is 5.49. The molecule has 2 nitrogen and oxygen atoms in total. The van der Waals surface area contributed by atoms with E-state index in [0.29, 0.717) is 4.73 Å². The summed E-state index contributed by atoms with van der Waals surface area (Å²) in [5.41, 5.74) is 2.41. The predicted molar refractivity (Wildman–Crippen MR) is 122 cm³/mol. The average molecular weight is 474 g/mol. The third-order valence-electron chi connectivity index (χ3n) is 7.19. The van der Waals surface area contributed by atoms with Crippen molar-refractivity contribution >= 4 is 53.5 Å². The van der Waals surface area contributed by atoms with E-state index in [1.54, 1.807) is 7.63 Å². The van der Waals surface area contributed by atoms with Crippen molar-refractivity contribution in [1.82, 2.24) is 0 Å². The zero-order chi connectivity index (χ0) is 17.8. The number of benzene rings is 1. The molecule has 0 radical (unpaired) electrons. The van der Waals surface area contributed by atoms with Crippen molar-refractivity contribution in [2.45, 2.75) is 53.8 Å². The van der Waals surface area contributed by atoms with Crippen LogP contribution in [0, 0.1) is 0 Å². The molecule has 1 aromatic carbocycles. The van der Waals surface area contributed by atoms with Crippen molar-refractivity contribution in [3.8, 4) is 0 Å². The van der Waals surface area contributed by atoms with Gasteiger partial charge >= 0.3 is 141 Å². The average Bonchev–Trinajstić information content (AvgIpc) is 2.82. The molecule has 1 unspecified atom stereocenters. The standard InChI is InChI=1S/C9H7.C3H9OSi.C2H7Si.C2H5.CH3.2ClH.O.H2Si.Ti/c1-2-5-9-7-3-6-8(9)4-1;1-5(2,3)4;1-3-2;1-2;;;;;;/h1-7H;1-3H3;3H,1-2H3;1H2,2H3;1H3;2*1H;;1H2;/q;-1;;;;;;;;+1. The molecule has 2 rings (SSSR count). The monoisotopic (exact) mass is 473 g/mol. The van der Waals surface area contributed by atoms with E-state index >= 15 is 3.32 Å². The van der Waals surface area contributed by atoms with Gasteiger partial charge in [-0.05, 0) is 0 Å². The first-order valence-corrected chi connectivity index (χ1v) is 26.7. The van der Waals surface area contributed by atoms with Gasteiger partial charge < -0.3 is 0 Å². The number of hydrogen-bond acceptors (Lipinski definition) is 2. The van der Waals surface area contributed by atoms with E-state index in [1.807, 2.05) is 0 Å². The fraction of sp³-hybridized carbons (Fsp3) is 0.529. The zero-order valence-electron chi connectivity index (χ0n) is 16.7. The summed E-state index contributed by atoms with van der Waals surface area (Å²) in [5, 5.41) is 2.10. The van der Waals surface area contributed by atoms with Gasteiger partial charge in [0.15, 0.2) is 0 Å². The molecule has 1 atom stereocenters. The molecule has 0 saturated carbocycles. The van der Waals surface area contributed by atoms with Gasteiger partial charge in [-0.2, -0.15) is 0 Å². The van der Waals surface area contributed by atoms with Gasteiger partial charge in [0.05, 0.1) is 0 Å². The number of halogens is 2. The van der Waals surface area contributed by atoms with Gasteiger partial charge in [0.2, 0.25) is 0 Å². The minimum atomic E-state index is -5.48. The van der Waals surface area contributed by atoms with Gasteiger partial charge in [-0.3, -0.25) is 0 Å². The Bertz CT molecular complexity index is 917. The van der Waals surface area contributed by atoms with Crippen LogP contribution >= 0.6 is 24.8 Å². The van der Waals surface area contributed by atoms with Crippen LogP contribution in [-0.4, -0.2) is 22.6 Å². The normalized spacial score (nSPS) is 21.1. The van der Waals surface area contributed by atoms with Crippen LogP contribution in [0.4, 0.5) is 0 Å². The van der Waals surface area contributed by atoms with E-state index in [9.17, 15) is 0 Å². The molecule has 1 aliphatic carbocycles. The second kappa shape index (κ2) is 6.08. The van der Waals surface area contributed by atoms with E-state index in [1.165, 1.54) is 11.1 Å². The molecule has 0 saturated heterocycles. The minimum Gasteiger partial charge on any atom is -0.147 e. The molecule has 0 amide bonds. The Labute approximate surface area is 165 Å². The molecular weight excluding hydrogens is 439 g/mol. The van der Waals surface area contributed by atoms with Crippen LogP contribution < -0.4 is 0 Å². The molecule has 8 heteroatoms. The Morgan fingerprint density at radius 3 is 2.16 bits per heavy atom. The maximum absolute atomic E-state index is 15.7. The minimum absolute atomic E-state index is 0. The summed E-state index contributed by atoms with van der Waals surface area (Å²) in [5.74, 6) is 0. The first-order chi connectivity index (χ1) is 10.1. The molecule has 0 aliphatic heterocycles. The summed E-state index contributed by atoms with van der Waals surface area (Å²) in [7, 11) is -0.210. The van der Waals surface area contributed by atoms with Crippen molar-refractivity contribution in [2.24, 2.45) is 0 Å². The second-order valence-corrected chi connectivity index (χ2v) is 61.3. The molecule has 25 heavy (non-hydrogen) atoms. The summed E-state index contributed by atoms with van der Waals surface area (Å²) in [4.78, 5) is 0. The SMILES string of the molecule is C[CH2][Ti]([CH3])(=[O])(=[SiH2])([O][Si](C)(C)C)([CH]1C=Cc2ccccc21)[SiH](C)C.Cl.Cl. The van der Waals surface area contributed by atoms with Crippen LogP contribution in [0.15, 0.2) is 30.3 Å². The van der Waals surface area contributed by atoms with E-state index in [4.69, 9.17) is 3.01 Å². The summed E-state index contributed by atoms with van der Waals surface area (Å²) in [6.45, 7) is 11.5. The summed E-state index contributed by atoms with van der Waals surface area (Å²) in [6.07, 6.45) is 4.34. The van der Waals surface area contributed by atoms with E-state index in [-0.39, 0.29) is 29.0 Å². The third-order valence-corrected chi connectivity index (χ3v) is 69.2. The van der Waals surface area contributed by atoms with Crippen LogP contribution in [-0.2, 0) is 17.4 Å². The Balaban J connectivity index is 0.00000288. The first kappa shape index (κ1) is 25.7. The van der Waals surface area contributed by atoms with Crippen molar-refractivity contribution in [3.63, 3.8) is 0 Å². The van der Waals surface area contributed by atoms with Crippen molar-refractivity contribution in [2.75, 3.05) is 0 Å². The van der Waals surface area contributed by atoms with E-state index in [0.717, 1.165) is 0 Å². The van der Waals surface area contributed by atoms with Crippen LogP contribution in [0.25, 0.3) is 6.08 Å². The summed E-state index contributed by atoms with van der Waals surface area (Å²) >= 11 is -5.48. The largest absolute Gasteiger partial charge is 0.147 e. The number of rotatable bonds is 5. The van der Waals surface area contributed by atoms with Crippen molar-refractivity contribution < 1.29 is 17.4 Å². The summed E-state index contributed by atoms with van der Waals surface area (Å²) < 4.78 is 23.3. The van der Waals surface area contributed by atoms with Crippen molar-refractivity contribution in [1.29, 1.82) is 0 Å². The smallest absolute Gasteiger partial charge is 0.147 e. The van der Waals surface area contributed by atoms with Gasteiger partial charge in [-0.25, -0.2) is 0 Å². The van der Waals surface area contributed by atoms with Crippen LogP contribution in [0.2, 0.25) is 42.7 Å². The topological polar surface area (TPSA) is 26.3 Å². The molecule has 0 aromatic heterocycles. The Kier molecular flexibility index (Phi) is 6.24. The van der Waals surface area contributed by atoms with Gasteiger partial charge in [0.1, 0.15) is 0 Å². The molecule has 1 aromatic rings. The van der Waals surface area contributed by atoms with Crippen LogP contribution in [0.5, 0.6) is 0 Å². The number of fused-ring (bicyclic) bond motifs is 1. The van der Waals surface area contributed by atoms with Gasteiger partial charge in [0.25, 0.3) is 0 Å². The Morgan fingerprint density at radius 1 is 1.20 bits per heavy atom. The molecular formula is C17H35Cl2O2Si3Ti. The maximum atomic E-state index is 15.7. The summed E-state index contributed by atoms with van der Waals surface area (Å²) in [6, 6.07) is 8.40. The van der Waals surface area contributed by atoms with Crippen LogP contribution in [0.3, 0.4) is 0 Å². The molecule has 0 heterocycles. The van der Waals surface area contributed by atoms with Gasteiger partial charge in [0, 0.05) is 0 Å². The molecule has 0 spiro atoms. The molecule has 1 aliphatic rings. The maximum Gasteiger partial charge on any atom is -0.147 e. The van der Waals surface area contributed by atoms with E-state index in [2.05, 4.69) is 81.3 Å². The fourth-order valence-corrected chi connectivity index (χ4v) is 49.7.